The van der Waals surface area contributed by atoms with Crippen LogP contribution in [0.25, 0.3) is 0 Å². The van der Waals surface area contributed by atoms with Gasteiger partial charge in [0.15, 0.2) is 11.5 Å². The number of ether oxygens (including phenoxy) is 3. The van der Waals surface area contributed by atoms with Crippen LogP contribution in [-0.2, 0) is 14.3 Å². The number of esters is 1. The Morgan fingerprint density at radius 3 is 2.35 bits per heavy atom. The van der Waals surface area contributed by atoms with Gasteiger partial charge >= 0.3 is 5.97 Å². The zero-order valence-corrected chi connectivity index (χ0v) is 14.9. The summed E-state index contributed by atoms with van der Waals surface area (Å²) in [7, 11) is 3.08. The van der Waals surface area contributed by atoms with Crippen LogP contribution >= 0.6 is 0 Å². The quantitative estimate of drug-likeness (QED) is 0.659. The molecule has 6 heteroatoms. The van der Waals surface area contributed by atoms with Gasteiger partial charge in [0.05, 0.1) is 20.8 Å². The van der Waals surface area contributed by atoms with Gasteiger partial charge in [0, 0.05) is 17.7 Å². The maximum atomic E-state index is 12.7. The molecule has 26 heavy (non-hydrogen) atoms. The van der Waals surface area contributed by atoms with E-state index in [-0.39, 0.29) is 6.61 Å². The van der Waals surface area contributed by atoms with Crippen molar-refractivity contribution in [2.45, 2.75) is 12.8 Å². The van der Waals surface area contributed by atoms with Crippen molar-refractivity contribution in [2.24, 2.45) is 5.92 Å². The normalized spacial score (nSPS) is 18.5. The van der Waals surface area contributed by atoms with Gasteiger partial charge in [0.2, 0.25) is 5.91 Å². The predicted molar refractivity (Wildman–Crippen MR) is 96.6 cm³/mol. The Hall–Kier alpha value is -3.02. The number of anilines is 1. The minimum atomic E-state index is -0.969. The number of hydrogen-bond acceptors (Lipinski definition) is 5. The van der Waals surface area contributed by atoms with Crippen LogP contribution in [0.4, 0.5) is 5.69 Å². The monoisotopic (exact) mass is 355 g/mol. The van der Waals surface area contributed by atoms with E-state index in [1.165, 1.54) is 7.11 Å². The summed E-state index contributed by atoms with van der Waals surface area (Å²) in [6.07, 6.45) is 0. The molecule has 2 atom stereocenters. The van der Waals surface area contributed by atoms with Crippen LogP contribution < -0.4 is 14.8 Å². The number of carbonyl (C=O) groups is 2. The Kier molecular flexibility index (Phi) is 5.11. The number of benzene rings is 2. The van der Waals surface area contributed by atoms with Crippen LogP contribution in [0.2, 0.25) is 0 Å². The minimum Gasteiger partial charge on any atom is -0.493 e. The fraction of sp³-hybridized carbons (Fsp3) is 0.300. The SMILES string of the molecule is CCOC(=O)C1C(=O)Nc2cc(OC)c(OC)cc2C1c1ccccc1. The summed E-state index contributed by atoms with van der Waals surface area (Å²) >= 11 is 0. The van der Waals surface area contributed by atoms with Crippen LogP contribution in [0.5, 0.6) is 11.5 Å². The first-order chi connectivity index (χ1) is 12.6. The van der Waals surface area contributed by atoms with Crippen molar-refractivity contribution in [2.75, 3.05) is 26.1 Å². The van der Waals surface area contributed by atoms with Gasteiger partial charge in [-0.2, -0.15) is 0 Å². The van der Waals surface area contributed by atoms with Crippen LogP contribution in [0, 0.1) is 5.92 Å². The number of carbonyl (C=O) groups excluding carboxylic acids is 2. The second-order valence-corrected chi connectivity index (χ2v) is 5.90. The zero-order chi connectivity index (χ0) is 18.7. The van der Waals surface area contributed by atoms with E-state index in [9.17, 15) is 9.59 Å². The highest BCUT2D eigenvalue weighted by Gasteiger charge is 2.43. The fourth-order valence-corrected chi connectivity index (χ4v) is 3.31. The second kappa shape index (κ2) is 7.47. The van der Waals surface area contributed by atoms with E-state index in [4.69, 9.17) is 14.2 Å². The van der Waals surface area contributed by atoms with E-state index in [0.29, 0.717) is 17.2 Å². The first-order valence-corrected chi connectivity index (χ1v) is 8.39. The molecule has 2 unspecified atom stereocenters. The summed E-state index contributed by atoms with van der Waals surface area (Å²) < 4.78 is 15.9. The molecule has 1 amide bonds. The highest BCUT2D eigenvalue weighted by atomic mass is 16.5. The van der Waals surface area contributed by atoms with Crippen molar-refractivity contribution < 1.29 is 23.8 Å². The highest BCUT2D eigenvalue weighted by Crippen LogP contribution is 2.45. The van der Waals surface area contributed by atoms with Gasteiger partial charge in [-0.1, -0.05) is 30.3 Å². The molecule has 2 aromatic carbocycles. The van der Waals surface area contributed by atoms with E-state index < -0.39 is 23.7 Å². The van der Waals surface area contributed by atoms with Gasteiger partial charge < -0.3 is 19.5 Å². The van der Waals surface area contributed by atoms with Gasteiger partial charge in [0.25, 0.3) is 0 Å². The molecule has 0 aromatic heterocycles. The minimum absolute atomic E-state index is 0.211. The van der Waals surface area contributed by atoms with Gasteiger partial charge in [-0.25, -0.2) is 0 Å². The summed E-state index contributed by atoms with van der Waals surface area (Å²) in [6.45, 7) is 1.93. The van der Waals surface area contributed by atoms with E-state index in [0.717, 1.165) is 11.1 Å². The fourth-order valence-electron chi connectivity index (χ4n) is 3.31. The molecule has 0 radical (unpaired) electrons. The van der Waals surface area contributed by atoms with Crippen molar-refractivity contribution in [1.82, 2.24) is 0 Å². The van der Waals surface area contributed by atoms with E-state index in [1.807, 2.05) is 30.3 Å². The Labute approximate surface area is 152 Å². The molecule has 0 saturated heterocycles. The van der Waals surface area contributed by atoms with E-state index in [2.05, 4.69) is 5.32 Å². The van der Waals surface area contributed by atoms with Gasteiger partial charge in [-0.3, -0.25) is 9.59 Å². The molecule has 6 nitrogen and oxygen atoms in total. The van der Waals surface area contributed by atoms with E-state index >= 15 is 0 Å². The molecule has 1 aliphatic heterocycles. The Morgan fingerprint density at radius 1 is 1.08 bits per heavy atom. The van der Waals surface area contributed by atoms with E-state index in [1.54, 1.807) is 26.2 Å². The zero-order valence-electron chi connectivity index (χ0n) is 14.9. The molecule has 0 fully saturated rings. The Morgan fingerprint density at radius 2 is 1.73 bits per heavy atom. The van der Waals surface area contributed by atoms with Gasteiger partial charge in [0.1, 0.15) is 5.92 Å². The summed E-state index contributed by atoms with van der Waals surface area (Å²) in [5.74, 6) is -1.34. The number of methoxy groups -OCH3 is 2. The summed E-state index contributed by atoms with van der Waals surface area (Å²) in [5.41, 5.74) is 2.24. The van der Waals surface area contributed by atoms with Crippen molar-refractivity contribution in [3.05, 3.63) is 53.6 Å². The maximum absolute atomic E-state index is 12.7. The third-order valence-corrected chi connectivity index (χ3v) is 4.46. The molecular formula is C20H21NO5. The first kappa shape index (κ1) is 17.8. The molecule has 1 N–H and O–H groups in total. The number of fused-ring (bicyclic) bond motifs is 1. The molecule has 136 valence electrons. The van der Waals surface area contributed by atoms with Crippen LogP contribution in [0.1, 0.15) is 24.0 Å². The molecular weight excluding hydrogens is 334 g/mol. The molecule has 0 aliphatic carbocycles. The first-order valence-electron chi connectivity index (χ1n) is 8.39. The van der Waals surface area contributed by atoms with Crippen molar-refractivity contribution in [3.8, 4) is 11.5 Å². The Bertz CT molecular complexity index is 818. The molecule has 3 rings (SSSR count). The van der Waals surface area contributed by atoms with Crippen LogP contribution in [0.15, 0.2) is 42.5 Å². The Balaban J connectivity index is 2.19. The molecule has 0 saturated carbocycles. The lowest BCUT2D eigenvalue weighted by Gasteiger charge is -2.32. The smallest absolute Gasteiger partial charge is 0.319 e. The number of rotatable bonds is 5. The summed E-state index contributed by atoms with van der Waals surface area (Å²) in [6, 6.07) is 13.0. The lowest BCUT2D eigenvalue weighted by molar-refractivity contribution is -0.151. The standard InChI is InChI=1S/C20H21NO5/c1-4-26-20(23)18-17(12-8-6-5-7-9-12)13-10-15(24-2)16(25-3)11-14(13)21-19(18)22/h5-11,17-18H,4H2,1-3H3,(H,21,22). The lowest BCUT2D eigenvalue weighted by atomic mass is 9.77. The highest BCUT2D eigenvalue weighted by molar-refractivity contribution is 6.08. The molecule has 0 bridgehead atoms. The van der Waals surface area contributed by atoms with Crippen molar-refractivity contribution >= 4 is 17.6 Å². The summed E-state index contributed by atoms with van der Waals surface area (Å²) in [4.78, 5) is 25.3. The number of nitrogens with one attached hydrogen (secondary N) is 1. The second-order valence-electron chi connectivity index (χ2n) is 5.90. The molecule has 1 aliphatic rings. The molecule has 0 spiro atoms. The maximum Gasteiger partial charge on any atom is 0.319 e. The topological polar surface area (TPSA) is 73.9 Å². The molecule has 1 heterocycles. The molecule has 2 aromatic rings. The third-order valence-electron chi connectivity index (χ3n) is 4.46. The number of amides is 1. The van der Waals surface area contributed by atoms with Crippen LogP contribution in [0.3, 0.4) is 0 Å². The summed E-state index contributed by atoms with van der Waals surface area (Å²) in [5, 5.41) is 2.80. The van der Waals surface area contributed by atoms with Crippen molar-refractivity contribution in [3.63, 3.8) is 0 Å². The van der Waals surface area contributed by atoms with Gasteiger partial charge in [-0.05, 0) is 24.1 Å². The van der Waals surface area contributed by atoms with Crippen LogP contribution in [-0.4, -0.2) is 32.7 Å². The average Bonchev–Trinajstić information content (AvgIpc) is 2.66. The van der Waals surface area contributed by atoms with Crippen molar-refractivity contribution in [1.29, 1.82) is 0 Å². The number of hydrogen-bond donors (Lipinski definition) is 1. The predicted octanol–water partition coefficient (Wildman–Crippen LogP) is 2.97. The largest absolute Gasteiger partial charge is 0.493 e. The lowest BCUT2D eigenvalue weighted by Crippen LogP contribution is -2.40. The van der Waals surface area contributed by atoms with Gasteiger partial charge in [-0.15, -0.1) is 0 Å². The third kappa shape index (κ3) is 3.10. The average molecular weight is 355 g/mol.